The van der Waals surface area contributed by atoms with Gasteiger partial charge in [0.2, 0.25) is 0 Å². The van der Waals surface area contributed by atoms with E-state index >= 15 is 0 Å². The monoisotopic (exact) mass is 501 g/mol. The third-order valence-corrected chi connectivity index (χ3v) is 7.32. The highest BCUT2D eigenvalue weighted by Gasteiger charge is 2.32. The van der Waals surface area contributed by atoms with Crippen LogP contribution < -0.4 is 14.8 Å². The third kappa shape index (κ3) is 6.19. The SMILES string of the molecule is Cc1cc(-c2cc(NC(=O)COc3ccc(F)cc3)n([C@H]3CCS(=O)(=O)C3)n2)ccc1OC(C)C. The molecule has 0 aliphatic carbocycles. The van der Waals surface area contributed by atoms with Gasteiger partial charge in [0.05, 0.1) is 29.3 Å². The van der Waals surface area contributed by atoms with Gasteiger partial charge < -0.3 is 14.8 Å². The zero-order chi connectivity index (χ0) is 25.2. The molecule has 0 radical (unpaired) electrons. The molecule has 3 aromatic rings. The molecule has 1 atom stereocenters. The minimum Gasteiger partial charge on any atom is -0.491 e. The Morgan fingerprint density at radius 3 is 2.57 bits per heavy atom. The van der Waals surface area contributed by atoms with Gasteiger partial charge in [0, 0.05) is 11.6 Å². The van der Waals surface area contributed by atoms with Crippen LogP contribution in [0.4, 0.5) is 10.2 Å². The molecule has 1 aliphatic heterocycles. The predicted octanol–water partition coefficient (Wildman–Crippen LogP) is 4.16. The number of hydrogen-bond acceptors (Lipinski definition) is 6. The first kappa shape index (κ1) is 24.7. The molecule has 8 nitrogen and oxygen atoms in total. The predicted molar refractivity (Wildman–Crippen MR) is 131 cm³/mol. The van der Waals surface area contributed by atoms with Gasteiger partial charge in [-0.05, 0) is 75.2 Å². The Balaban J connectivity index is 1.57. The minimum absolute atomic E-state index is 0.0384. The van der Waals surface area contributed by atoms with Crippen LogP contribution in [0.3, 0.4) is 0 Å². The van der Waals surface area contributed by atoms with Crippen LogP contribution in [0.5, 0.6) is 11.5 Å². The van der Waals surface area contributed by atoms with Gasteiger partial charge in [-0.2, -0.15) is 5.10 Å². The van der Waals surface area contributed by atoms with Crippen molar-refractivity contribution in [2.24, 2.45) is 0 Å². The summed E-state index contributed by atoms with van der Waals surface area (Å²) in [4.78, 5) is 12.6. The van der Waals surface area contributed by atoms with Gasteiger partial charge in [-0.25, -0.2) is 17.5 Å². The van der Waals surface area contributed by atoms with E-state index in [0.717, 1.165) is 16.9 Å². The van der Waals surface area contributed by atoms with Crippen molar-refractivity contribution >= 4 is 21.6 Å². The number of halogens is 1. The summed E-state index contributed by atoms with van der Waals surface area (Å²) in [6.45, 7) is 5.56. The van der Waals surface area contributed by atoms with Crippen LogP contribution in [-0.4, -0.2) is 48.3 Å². The van der Waals surface area contributed by atoms with E-state index in [0.29, 0.717) is 23.7 Å². The van der Waals surface area contributed by atoms with E-state index in [9.17, 15) is 17.6 Å². The summed E-state index contributed by atoms with van der Waals surface area (Å²) < 4.78 is 50.1. The van der Waals surface area contributed by atoms with Crippen molar-refractivity contribution in [1.29, 1.82) is 0 Å². The van der Waals surface area contributed by atoms with Crippen LogP contribution >= 0.6 is 0 Å². The number of sulfone groups is 1. The Morgan fingerprint density at radius 1 is 1.20 bits per heavy atom. The lowest BCUT2D eigenvalue weighted by Gasteiger charge is -2.14. The van der Waals surface area contributed by atoms with Crippen molar-refractivity contribution in [1.82, 2.24) is 9.78 Å². The molecule has 186 valence electrons. The average molecular weight is 502 g/mol. The summed E-state index contributed by atoms with van der Waals surface area (Å²) in [5.41, 5.74) is 2.35. The molecule has 0 unspecified atom stereocenters. The lowest BCUT2D eigenvalue weighted by molar-refractivity contribution is -0.118. The molecule has 1 aliphatic rings. The van der Waals surface area contributed by atoms with Crippen molar-refractivity contribution < 1.29 is 27.1 Å². The van der Waals surface area contributed by atoms with E-state index < -0.39 is 21.6 Å². The van der Waals surface area contributed by atoms with Crippen LogP contribution in [0.1, 0.15) is 31.9 Å². The van der Waals surface area contributed by atoms with Crippen LogP contribution in [0.2, 0.25) is 0 Å². The quantitative estimate of drug-likeness (QED) is 0.498. The first-order chi connectivity index (χ1) is 16.6. The zero-order valence-corrected chi connectivity index (χ0v) is 20.6. The Hall–Kier alpha value is -3.40. The first-order valence-electron chi connectivity index (χ1n) is 11.4. The molecule has 2 heterocycles. The normalized spacial score (nSPS) is 16.9. The second kappa shape index (κ2) is 10.1. The van der Waals surface area contributed by atoms with E-state index in [1.54, 1.807) is 10.7 Å². The Kier molecular flexibility index (Phi) is 7.11. The molecule has 1 N–H and O–H groups in total. The molecule has 35 heavy (non-hydrogen) atoms. The molecule has 0 saturated carbocycles. The number of nitrogens with one attached hydrogen (secondary N) is 1. The number of aromatic nitrogens is 2. The van der Waals surface area contributed by atoms with Crippen molar-refractivity contribution in [2.75, 3.05) is 23.4 Å². The number of aryl methyl sites for hydroxylation is 1. The molecule has 10 heteroatoms. The number of hydrogen-bond donors (Lipinski definition) is 1. The maximum atomic E-state index is 13.1. The number of ether oxygens (including phenoxy) is 2. The third-order valence-electron chi connectivity index (χ3n) is 5.57. The summed E-state index contributed by atoms with van der Waals surface area (Å²) >= 11 is 0. The van der Waals surface area contributed by atoms with Gasteiger partial charge in [-0.1, -0.05) is 0 Å². The van der Waals surface area contributed by atoms with E-state index in [1.807, 2.05) is 39.0 Å². The largest absolute Gasteiger partial charge is 0.491 e. The molecular weight excluding hydrogens is 473 g/mol. The molecule has 4 rings (SSSR count). The molecule has 0 spiro atoms. The van der Waals surface area contributed by atoms with Crippen molar-refractivity contribution in [3.8, 4) is 22.8 Å². The fourth-order valence-corrected chi connectivity index (χ4v) is 5.62. The molecule has 1 aromatic heterocycles. The highest BCUT2D eigenvalue weighted by atomic mass is 32.2. The van der Waals surface area contributed by atoms with Gasteiger partial charge in [-0.3, -0.25) is 4.79 Å². The summed E-state index contributed by atoms with van der Waals surface area (Å²) in [6.07, 6.45) is 0.459. The highest BCUT2D eigenvalue weighted by Crippen LogP contribution is 2.32. The minimum atomic E-state index is -3.16. The number of carbonyl (C=O) groups is 1. The van der Waals surface area contributed by atoms with Gasteiger partial charge >= 0.3 is 0 Å². The Bertz CT molecular complexity index is 1320. The molecule has 1 fully saturated rings. The first-order valence-corrected chi connectivity index (χ1v) is 13.2. The smallest absolute Gasteiger partial charge is 0.263 e. The lowest BCUT2D eigenvalue weighted by atomic mass is 10.1. The number of amides is 1. The summed E-state index contributed by atoms with van der Waals surface area (Å²) in [7, 11) is -3.16. The summed E-state index contributed by atoms with van der Waals surface area (Å²) in [5, 5.41) is 7.44. The van der Waals surface area contributed by atoms with Crippen LogP contribution in [0, 0.1) is 12.7 Å². The highest BCUT2D eigenvalue weighted by molar-refractivity contribution is 7.91. The van der Waals surface area contributed by atoms with Crippen molar-refractivity contribution in [3.05, 3.63) is 59.9 Å². The van der Waals surface area contributed by atoms with Crippen LogP contribution in [0.25, 0.3) is 11.3 Å². The Labute approximate surface area is 204 Å². The molecule has 1 amide bonds. The van der Waals surface area contributed by atoms with E-state index in [1.165, 1.54) is 24.3 Å². The summed E-state index contributed by atoms with van der Waals surface area (Å²) in [6, 6.07) is 12.4. The zero-order valence-electron chi connectivity index (χ0n) is 19.8. The number of carbonyl (C=O) groups excluding carboxylic acids is 1. The number of anilines is 1. The topological polar surface area (TPSA) is 99.5 Å². The average Bonchev–Trinajstić information content (AvgIpc) is 3.37. The molecule has 0 bridgehead atoms. The maximum absolute atomic E-state index is 13.1. The number of rotatable bonds is 8. The number of nitrogens with zero attached hydrogens (tertiary/aromatic N) is 2. The fourth-order valence-electron chi connectivity index (χ4n) is 3.93. The maximum Gasteiger partial charge on any atom is 0.263 e. The second-order valence-corrected chi connectivity index (χ2v) is 11.1. The Morgan fingerprint density at radius 2 is 1.94 bits per heavy atom. The van der Waals surface area contributed by atoms with E-state index in [4.69, 9.17) is 9.47 Å². The summed E-state index contributed by atoms with van der Waals surface area (Å²) in [5.74, 6) is 0.712. The van der Waals surface area contributed by atoms with E-state index in [2.05, 4.69) is 10.4 Å². The molecular formula is C25H28FN3O5S. The van der Waals surface area contributed by atoms with Crippen molar-refractivity contribution in [3.63, 3.8) is 0 Å². The number of benzene rings is 2. The van der Waals surface area contributed by atoms with E-state index in [-0.39, 0.29) is 30.3 Å². The standard InChI is InChI=1S/C25H28FN3O5S/c1-16(2)34-23-9-4-18(12-17(23)3)22-13-24(29(28-22)20-10-11-35(31,32)15-20)27-25(30)14-33-21-7-5-19(26)6-8-21/h4-9,12-13,16,20H,10-11,14-15H2,1-3H3,(H,27,30)/t20-/m0/s1. The molecule has 1 saturated heterocycles. The molecule has 2 aromatic carbocycles. The fraction of sp³-hybridized carbons (Fsp3) is 0.360. The van der Waals surface area contributed by atoms with Gasteiger partial charge in [0.1, 0.15) is 23.1 Å². The van der Waals surface area contributed by atoms with Crippen LogP contribution in [-0.2, 0) is 14.6 Å². The lowest BCUT2D eigenvalue weighted by Crippen LogP contribution is -2.23. The van der Waals surface area contributed by atoms with Crippen molar-refractivity contribution in [2.45, 2.75) is 39.3 Å². The van der Waals surface area contributed by atoms with Gasteiger partial charge in [-0.15, -0.1) is 0 Å². The van der Waals surface area contributed by atoms with Crippen LogP contribution in [0.15, 0.2) is 48.5 Å². The van der Waals surface area contributed by atoms with Gasteiger partial charge in [0.25, 0.3) is 5.91 Å². The van der Waals surface area contributed by atoms with Gasteiger partial charge in [0.15, 0.2) is 16.4 Å². The second-order valence-electron chi connectivity index (χ2n) is 8.85.